The Morgan fingerprint density at radius 1 is 1.43 bits per heavy atom. The number of benzene rings is 1. The van der Waals surface area contributed by atoms with Crippen molar-refractivity contribution in [2.75, 3.05) is 13.2 Å². The smallest absolute Gasteiger partial charge is 0.104 e. The summed E-state index contributed by atoms with van der Waals surface area (Å²) in [6, 6.07) is 8.47. The zero-order valence-corrected chi connectivity index (χ0v) is 8.69. The van der Waals surface area contributed by atoms with Gasteiger partial charge in [0.2, 0.25) is 0 Å². The van der Waals surface area contributed by atoms with Crippen molar-refractivity contribution in [1.29, 1.82) is 0 Å². The summed E-state index contributed by atoms with van der Waals surface area (Å²) in [4.78, 5) is 0. The highest BCUT2D eigenvalue weighted by Gasteiger charge is 2.23. The van der Waals surface area contributed by atoms with Crippen LogP contribution in [0.1, 0.15) is 24.2 Å². The quantitative estimate of drug-likeness (QED) is 0.683. The maximum absolute atomic E-state index is 5.67. The summed E-state index contributed by atoms with van der Waals surface area (Å²) in [5.41, 5.74) is 2.52. The molecule has 2 nitrogen and oxygen atoms in total. The molecule has 1 aromatic rings. The number of epoxide rings is 1. The van der Waals surface area contributed by atoms with Crippen molar-refractivity contribution in [1.82, 2.24) is 0 Å². The largest absolute Gasteiger partial charge is 0.371 e. The molecule has 14 heavy (non-hydrogen) atoms. The topological polar surface area (TPSA) is 21.8 Å². The van der Waals surface area contributed by atoms with Crippen LogP contribution in [-0.4, -0.2) is 19.3 Å². The summed E-state index contributed by atoms with van der Waals surface area (Å²) in [6.07, 6.45) is 0.516. The van der Waals surface area contributed by atoms with Crippen molar-refractivity contribution in [2.45, 2.75) is 26.1 Å². The van der Waals surface area contributed by atoms with Crippen LogP contribution >= 0.6 is 0 Å². The molecule has 2 atom stereocenters. The van der Waals surface area contributed by atoms with Gasteiger partial charge in [0.15, 0.2) is 0 Å². The predicted octanol–water partition coefficient (Wildman–Crippen LogP) is 2.47. The molecule has 1 saturated heterocycles. The summed E-state index contributed by atoms with van der Waals surface area (Å²) in [7, 11) is 0. The molecular formula is C12H16O2. The fraction of sp³-hybridized carbons (Fsp3) is 0.500. The van der Waals surface area contributed by atoms with E-state index in [1.165, 1.54) is 11.1 Å². The summed E-state index contributed by atoms with van der Waals surface area (Å²) >= 11 is 0. The van der Waals surface area contributed by atoms with E-state index in [9.17, 15) is 0 Å². The molecule has 0 bridgehead atoms. The molecule has 2 heteroatoms. The number of hydrogen-bond acceptors (Lipinski definition) is 2. The Morgan fingerprint density at radius 2 is 2.07 bits per heavy atom. The summed E-state index contributed by atoms with van der Waals surface area (Å²) in [5.74, 6) is 0. The van der Waals surface area contributed by atoms with Gasteiger partial charge in [-0.25, -0.2) is 0 Å². The average Bonchev–Trinajstić information content (AvgIpc) is 2.99. The van der Waals surface area contributed by atoms with Crippen molar-refractivity contribution < 1.29 is 9.47 Å². The van der Waals surface area contributed by atoms with Crippen molar-refractivity contribution in [3.05, 3.63) is 35.4 Å². The van der Waals surface area contributed by atoms with Gasteiger partial charge in [-0.15, -0.1) is 0 Å². The molecule has 0 aliphatic carbocycles. The van der Waals surface area contributed by atoms with E-state index in [0.717, 1.165) is 13.2 Å². The zero-order valence-electron chi connectivity index (χ0n) is 8.69. The molecule has 0 radical (unpaired) electrons. The Balaban J connectivity index is 1.88. The third-order valence-corrected chi connectivity index (χ3v) is 2.48. The van der Waals surface area contributed by atoms with Gasteiger partial charge in [0.05, 0.1) is 19.3 Å². The third-order valence-electron chi connectivity index (χ3n) is 2.48. The van der Waals surface area contributed by atoms with Gasteiger partial charge in [-0.2, -0.15) is 0 Å². The Hall–Kier alpha value is -0.860. The lowest BCUT2D eigenvalue weighted by Gasteiger charge is -2.12. The van der Waals surface area contributed by atoms with Crippen molar-refractivity contribution in [3.8, 4) is 0 Å². The lowest BCUT2D eigenvalue weighted by Crippen LogP contribution is -2.05. The van der Waals surface area contributed by atoms with Crippen LogP contribution in [0.25, 0.3) is 0 Å². The highest BCUT2D eigenvalue weighted by atomic mass is 16.6. The minimum Gasteiger partial charge on any atom is -0.371 e. The fourth-order valence-electron chi connectivity index (χ4n) is 1.35. The number of ether oxygens (including phenoxy) is 2. The molecule has 1 aliphatic heterocycles. The molecule has 1 fully saturated rings. The van der Waals surface area contributed by atoms with Crippen molar-refractivity contribution in [2.24, 2.45) is 0 Å². The Kier molecular flexibility index (Phi) is 2.85. The highest BCUT2D eigenvalue weighted by Crippen LogP contribution is 2.19. The summed E-state index contributed by atoms with van der Waals surface area (Å²) in [6.45, 7) is 5.75. The molecular weight excluding hydrogens is 176 g/mol. The van der Waals surface area contributed by atoms with Crippen molar-refractivity contribution in [3.63, 3.8) is 0 Å². The molecule has 0 saturated carbocycles. The van der Waals surface area contributed by atoms with Crippen LogP contribution in [0, 0.1) is 6.92 Å². The molecule has 0 unspecified atom stereocenters. The van der Waals surface area contributed by atoms with Crippen molar-refractivity contribution >= 4 is 0 Å². The number of rotatable bonds is 4. The maximum atomic E-state index is 5.67. The van der Waals surface area contributed by atoms with Crippen LogP contribution in [0.4, 0.5) is 0 Å². The second-order valence-corrected chi connectivity index (χ2v) is 3.84. The lowest BCUT2D eigenvalue weighted by atomic mass is 10.1. The van der Waals surface area contributed by atoms with E-state index in [1.54, 1.807) is 0 Å². The van der Waals surface area contributed by atoms with Crippen LogP contribution in [-0.2, 0) is 9.47 Å². The van der Waals surface area contributed by atoms with E-state index in [2.05, 4.69) is 38.1 Å². The highest BCUT2D eigenvalue weighted by molar-refractivity contribution is 5.22. The van der Waals surface area contributed by atoms with Gasteiger partial charge in [0, 0.05) is 0 Å². The van der Waals surface area contributed by atoms with Gasteiger partial charge in [-0.05, 0) is 19.4 Å². The first-order chi connectivity index (χ1) is 6.75. The van der Waals surface area contributed by atoms with E-state index >= 15 is 0 Å². The molecule has 2 rings (SSSR count). The second kappa shape index (κ2) is 4.11. The molecule has 1 heterocycles. The van der Waals surface area contributed by atoms with E-state index < -0.39 is 0 Å². The minimum absolute atomic E-state index is 0.166. The first-order valence-corrected chi connectivity index (χ1v) is 5.05. The molecule has 0 amide bonds. The standard InChI is InChI=1S/C12H16O2/c1-9-3-5-11(6-4-9)10(2)13-7-12-8-14-12/h3-6,10,12H,7-8H2,1-2H3/t10-,12+/m1/s1. The predicted molar refractivity (Wildman–Crippen MR) is 55.3 cm³/mol. The van der Waals surface area contributed by atoms with E-state index in [0.29, 0.717) is 6.10 Å². The molecule has 0 aromatic heterocycles. The normalized spacial score (nSPS) is 22.0. The number of hydrogen-bond donors (Lipinski definition) is 0. The van der Waals surface area contributed by atoms with E-state index in [-0.39, 0.29) is 6.10 Å². The van der Waals surface area contributed by atoms with Crippen LogP contribution in [0.3, 0.4) is 0 Å². The fourth-order valence-corrected chi connectivity index (χ4v) is 1.35. The number of aryl methyl sites for hydroxylation is 1. The van der Waals surface area contributed by atoms with Gasteiger partial charge < -0.3 is 9.47 Å². The molecule has 1 aromatic carbocycles. The Labute approximate surface area is 84.8 Å². The summed E-state index contributed by atoms with van der Waals surface area (Å²) < 4.78 is 10.8. The Bertz CT molecular complexity index is 288. The minimum atomic E-state index is 0.166. The third kappa shape index (κ3) is 2.56. The van der Waals surface area contributed by atoms with Crippen LogP contribution in [0.2, 0.25) is 0 Å². The van der Waals surface area contributed by atoms with E-state index in [4.69, 9.17) is 9.47 Å². The lowest BCUT2D eigenvalue weighted by molar-refractivity contribution is 0.0540. The van der Waals surface area contributed by atoms with Gasteiger partial charge >= 0.3 is 0 Å². The van der Waals surface area contributed by atoms with Gasteiger partial charge in [-0.1, -0.05) is 29.8 Å². The molecule has 0 spiro atoms. The van der Waals surface area contributed by atoms with Gasteiger partial charge in [0.25, 0.3) is 0 Å². The molecule has 1 aliphatic rings. The van der Waals surface area contributed by atoms with Crippen LogP contribution in [0.5, 0.6) is 0 Å². The maximum Gasteiger partial charge on any atom is 0.104 e. The average molecular weight is 192 g/mol. The SMILES string of the molecule is Cc1ccc([C@@H](C)OC[C@H]2CO2)cc1. The summed E-state index contributed by atoms with van der Waals surface area (Å²) in [5, 5.41) is 0. The molecule has 0 N–H and O–H groups in total. The van der Waals surface area contributed by atoms with Gasteiger partial charge in [-0.3, -0.25) is 0 Å². The zero-order chi connectivity index (χ0) is 9.97. The first kappa shape index (κ1) is 9.69. The van der Waals surface area contributed by atoms with Gasteiger partial charge in [0.1, 0.15) is 6.10 Å². The second-order valence-electron chi connectivity index (χ2n) is 3.84. The Morgan fingerprint density at radius 3 is 2.64 bits per heavy atom. The monoisotopic (exact) mass is 192 g/mol. The van der Waals surface area contributed by atoms with Crippen LogP contribution in [0.15, 0.2) is 24.3 Å². The van der Waals surface area contributed by atoms with Crippen LogP contribution < -0.4 is 0 Å². The first-order valence-electron chi connectivity index (χ1n) is 5.05. The molecule has 76 valence electrons. The van der Waals surface area contributed by atoms with E-state index in [1.807, 2.05) is 0 Å².